The molecule has 1 N–H and O–H groups in total. The Kier molecular flexibility index (Phi) is 6.13. The van der Waals surface area contributed by atoms with Crippen LogP contribution < -0.4 is 19.5 Å². The number of benzene rings is 4. The maximum Gasteiger partial charge on any atom is 0.238 e. The first-order valence-electron chi connectivity index (χ1n) is 14.8. The fraction of sp³-hybridized carbons (Fsp3) is 0.162. The predicted octanol–water partition coefficient (Wildman–Crippen LogP) is 5.96. The summed E-state index contributed by atoms with van der Waals surface area (Å²) in [5, 5.41) is 3.08. The Balaban J connectivity index is 1.38. The van der Waals surface area contributed by atoms with E-state index in [0.29, 0.717) is 39.6 Å². The Bertz CT molecular complexity index is 1950. The van der Waals surface area contributed by atoms with Crippen molar-refractivity contribution in [2.75, 3.05) is 18.7 Å². The molecule has 4 unspecified atom stereocenters. The van der Waals surface area contributed by atoms with Crippen molar-refractivity contribution < 1.29 is 28.6 Å². The van der Waals surface area contributed by atoms with E-state index >= 15 is 4.79 Å². The standard InChI is InChI=1S/C37H28N2O6/c1-2-18-43-25-10-7-9-23(19-25)33(40)31-32(34(41)24-14-15-29-30(20-24)45-21-44-29)39-17-16-22-8-3-4-11-26(22)35(39)37(31)27-12-5-6-13-28(27)38-36(37)42/h2-17,19-20,31-32,35H,1,18,21H2,(H,38,42). The third-order valence-corrected chi connectivity index (χ3v) is 9.27. The Morgan fingerprint density at radius 2 is 1.73 bits per heavy atom. The Hall–Kier alpha value is -5.63. The molecule has 4 aromatic carbocycles. The molecule has 4 aliphatic heterocycles. The molecule has 4 heterocycles. The third-order valence-electron chi connectivity index (χ3n) is 9.27. The second-order valence-electron chi connectivity index (χ2n) is 11.5. The number of amides is 1. The van der Waals surface area contributed by atoms with Crippen molar-refractivity contribution in [3.63, 3.8) is 0 Å². The highest BCUT2D eigenvalue weighted by molar-refractivity contribution is 6.16. The number of anilines is 1. The zero-order valence-electron chi connectivity index (χ0n) is 24.1. The van der Waals surface area contributed by atoms with Gasteiger partial charge in [0.2, 0.25) is 12.7 Å². The smallest absolute Gasteiger partial charge is 0.238 e. The quantitative estimate of drug-likeness (QED) is 0.208. The molecule has 1 spiro atoms. The van der Waals surface area contributed by atoms with Crippen LogP contribution in [0.2, 0.25) is 0 Å². The number of fused-ring (bicyclic) bond motifs is 7. The number of Topliss-reactive ketones (excluding diaryl/α,β-unsaturated/α-hetero) is 2. The molecule has 4 atom stereocenters. The van der Waals surface area contributed by atoms with E-state index in [4.69, 9.17) is 14.2 Å². The van der Waals surface area contributed by atoms with E-state index in [0.717, 1.165) is 11.1 Å². The van der Waals surface area contributed by atoms with Gasteiger partial charge in [-0.2, -0.15) is 0 Å². The van der Waals surface area contributed by atoms with Crippen LogP contribution in [0.15, 0.2) is 110 Å². The van der Waals surface area contributed by atoms with Crippen LogP contribution >= 0.6 is 0 Å². The summed E-state index contributed by atoms with van der Waals surface area (Å²) in [6.07, 6.45) is 5.42. The first-order valence-corrected chi connectivity index (χ1v) is 14.8. The first kappa shape index (κ1) is 27.0. The highest BCUT2D eigenvalue weighted by Gasteiger charge is 2.70. The van der Waals surface area contributed by atoms with Gasteiger partial charge in [-0.15, -0.1) is 0 Å². The lowest BCUT2D eigenvalue weighted by atomic mass is 9.62. The molecule has 8 heteroatoms. The second-order valence-corrected chi connectivity index (χ2v) is 11.5. The highest BCUT2D eigenvalue weighted by Crippen LogP contribution is 2.62. The van der Waals surface area contributed by atoms with Gasteiger partial charge in [-0.05, 0) is 59.2 Å². The lowest BCUT2D eigenvalue weighted by Gasteiger charge is -2.38. The predicted molar refractivity (Wildman–Crippen MR) is 167 cm³/mol. The topological polar surface area (TPSA) is 94.2 Å². The van der Waals surface area contributed by atoms with Crippen LogP contribution in [-0.4, -0.2) is 41.8 Å². The lowest BCUT2D eigenvalue weighted by Crippen LogP contribution is -2.49. The molecule has 0 saturated carbocycles. The summed E-state index contributed by atoms with van der Waals surface area (Å²) in [4.78, 5) is 46.5. The van der Waals surface area contributed by atoms with Gasteiger partial charge < -0.3 is 24.4 Å². The fourth-order valence-electron chi connectivity index (χ4n) is 7.46. The van der Waals surface area contributed by atoms with Gasteiger partial charge in [0.1, 0.15) is 23.8 Å². The van der Waals surface area contributed by atoms with Gasteiger partial charge >= 0.3 is 0 Å². The fourth-order valence-corrected chi connectivity index (χ4v) is 7.46. The molecule has 45 heavy (non-hydrogen) atoms. The summed E-state index contributed by atoms with van der Waals surface area (Å²) in [7, 11) is 0. The molecule has 8 rings (SSSR count). The zero-order chi connectivity index (χ0) is 30.7. The molecule has 222 valence electrons. The van der Waals surface area contributed by atoms with Gasteiger partial charge in [0.25, 0.3) is 0 Å². The molecule has 1 fully saturated rings. The maximum absolute atomic E-state index is 15.1. The van der Waals surface area contributed by atoms with Crippen molar-refractivity contribution in [3.8, 4) is 17.2 Å². The van der Waals surface area contributed by atoms with Crippen molar-refractivity contribution in [2.24, 2.45) is 5.92 Å². The average molecular weight is 597 g/mol. The molecule has 0 radical (unpaired) electrons. The van der Waals surface area contributed by atoms with Crippen molar-refractivity contribution in [2.45, 2.75) is 17.5 Å². The van der Waals surface area contributed by atoms with Crippen LogP contribution in [0.5, 0.6) is 17.2 Å². The van der Waals surface area contributed by atoms with Crippen LogP contribution in [0.1, 0.15) is 43.4 Å². The molecule has 8 nitrogen and oxygen atoms in total. The van der Waals surface area contributed by atoms with Crippen molar-refractivity contribution in [1.82, 2.24) is 4.90 Å². The molecular formula is C37H28N2O6. The van der Waals surface area contributed by atoms with Gasteiger partial charge in [-0.3, -0.25) is 14.4 Å². The van der Waals surface area contributed by atoms with E-state index in [1.165, 1.54) is 0 Å². The Labute approximate surface area is 259 Å². The largest absolute Gasteiger partial charge is 0.490 e. The van der Waals surface area contributed by atoms with E-state index in [-0.39, 0.29) is 30.9 Å². The molecule has 0 aromatic heterocycles. The van der Waals surface area contributed by atoms with E-state index < -0.39 is 23.4 Å². The van der Waals surface area contributed by atoms with Gasteiger partial charge in [-0.1, -0.05) is 67.3 Å². The average Bonchev–Trinajstić information content (AvgIpc) is 3.76. The summed E-state index contributed by atoms with van der Waals surface area (Å²) in [6.45, 7) is 4.04. The summed E-state index contributed by atoms with van der Waals surface area (Å²) >= 11 is 0. The number of ether oxygens (including phenoxy) is 3. The van der Waals surface area contributed by atoms with Crippen LogP contribution in [-0.2, 0) is 10.2 Å². The van der Waals surface area contributed by atoms with E-state index in [9.17, 15) is 9.59 Å². The monoisotopic (exact) mass is 596 g/mol. The molecular weight excluding hydrogens is 568 g/mol. The number of nitrogens with one attached hydrogen (secondary N) is 1. The lowest BCUT2D eigenvalue weighted by molar-refractivity contribution is -0.122. The Morgan fingerprint density at radius 1 is 0.933 bits per heavy atom. The third kappa shape index (κ3) is 3.88. The number of para-hydroxylation sites is 1. The van der Waals surface area contributed by atoms with E-state index in [1.54, 1.807) is 48.5 Å². The summed E-state index contributed by atoms with van der Waals surface area (Å²) in [6, 6.07) is 25.5. The molecule has 4 aromatic rings. The van der Waals surface area contributed by atoms with Crippen LogP contribution in [0.4, 0.5) is 5.69 Å². The first-order chi connectivity index (χ1) is 22.0. The maximum atomic E-state index is 15.1. The minimum absolute atomic E-state index is 0.0650. The summed E-state index contributed by atoms with van der Waals surface area (Å²) < 4.78 is 16.9. The molecule has 1 amide bonds. The minimum atomic E-state index is -1.43. The van der Waals surface area contributed by atoms with Crippen LogP contribution in [0.25, 0.3) is 6.08 Å². The number of hydrogen-bond donors (Lipinski definition) is 1. The molecule has 1 saturated heterocycles. The summed E-state index contributed by atoms with van der Waals surface area (Å²) in [5.74, 6) is -0.544. The molecule has 4 aliphatic rings. The van der Waals surface area contributed by atoms with Gasteiger partial charge in [0.15, 0.2) is 23.1 Å². The molecule has 0 aliphatic carbocycles. The summed E-state index contributed by atoms with van der Waals surface area (Å²) in [5.41, 5.74) is 2.40. The van der Waals surface area contributed by atoms with Crippen molar-refractivity contribution in [1.29, 1.82) is 0 Å². The number of rotatable bonds is 7. The molecule has 0 bridgehead atoms. The number of hydrogen-bond acceptors (Lipinski definition) is 7. The van der Waals surface area contributed by atoms with Crippen molar-refractivity contribution in [3.05, 3.63) is 138 Å². The number of carbonyl (C=O) groups is 3. The van der Waals surface area contributed by atoms with E-state index in [1.807, 2.05) is 65.7 Å². The van der Waals surface area contributed by atoms with Crippen LogP contribution in [0.3, 0.4) is 0 Å². The minimum Gasteiger partial charge on any atom is -0.490 e. The van der Waals surface area contributed by atoms with Gasteiger partial charge in [0, 0.05) is 23.0 Å². The van der Waals surface area contributed by atoms with Crippen molar-refractivity contribution >= 4 is 29.2 Å². The second kappa shape index (κ2) is 10.2. The zero-order valence-corrected chi connectivity index (χ0v) is 24.1. The number of ketones is 2. The normalized spacial score (nSPS) is 23.2. The number of carbonyl (C=O) groups excluding carboxylic acids is 3. The highest BCUT2D eigenvalue weighted by atomic mass is 16.7. The van der Waals surface area contributed by atoms with E-state index in [2.05, 4.69) is 11.9 Å². The van der Waals surface area contributed by atoms with Gasteiger partial charge in [-0.25, -0.2) is 0 Å². The SMILES string of the molecule is C=CCOc1cccc(C(=O)C2C(C(=O)c3ccc4c(c3)OCO4)N3C=Cc4ccccc4C3C23C(=O)Nc2ccccc23)c1. The number of nitrogens with zero attached hydrogens (tertiary/aromatic N) is 1. The Morgan fingerprint density at radius 3 is 2.62 bits per heavy atom. The van der Waals surface area contributed by atoms with Gasteiger partial charge in [0.05, 0.1) is 12.0 Å². The van der Waals surface area contributed by atoms with Crippen LogP contribution in [0, 0.1) is 5.92 Å².